The van der Waals surface area contributed by atoms with Crippen molar-refractivity contribution >= 4 is 41.1 Å². The molecule has 31 heavy (non-hydrogen) atoms. The Labute approximate surface area is 187 Å². The number of carbonyl (C=O) groups is 2. The summed E-state index contributed by atoms with van der Waals surface area (Å²) in [6.45, 7) is 0.319. The van der Waals surface area contributed by atoms with Gasteiger partial charge < -0.3 is 15.2 Å². The van der Waals surface area contributed by atoms with Crippen molar-refractivity contribution in [2.75, 3.05) is 12.4 Å². The number of benzene rings is 2. The highest BCUT2D eigenvalue weighted by atomic mass is 32.1. The largest absolute Gasteiger partial charge is 0.497 e. The summed E-state index contributed by atoms with van der Waals surface area (Å²) >= 11 is 6.73. The molecule has 0 spiro atoms. The molecule has 0 saturated carbocycles. The molecule has 0 aliphatic rings. The van der Waals surface area contributed by atoms with Crippen LogP contribution in [0.2, 0.25) is 0 Å². The number of rotatable bonds is 8. The molecule has 0 unspecified atom stereocenters. The number of methoxy groups -OCH3 is 1. The molecule has 7 nitrogen and oxygen atoms in total. The quantitative estimate of drug-likeness (QED) is 0.487. The minimum atomic E-state index is -1.06. The third-order valence-corrected chi connectivity index (χ3v) is 5.93. The first-order chi connectivity index (χ1) is 14.9. The number of carboxylic acids is 1. The van der Waals surface area contributed by atoms with Crippen molar-refractivity contribution in [2.24, 2.45) is 0 Å². The lowest BCUT2D eigenvalue weighted by molar-refractivity contribution is -0.116. The highest BCUT2D eigenvalue weighted by Crippen LogP contribution is 2.25. The number of aromatic nitrogens is 1. The van der Waals surface area contributed by atoms with Gasteiger partial charge in [0.05, 0.1) is 12.7 Å². The smallest absolute Gasteiger partial charge is 0.335 e. The van der Waals surface area contributed by atoms with Crippen LogP contribution < -0.4 is 15.6 Å². The van der Waals surface area contributed by atoms with Crippen LogP contribution in [0.3, 0.4) is 0 Å². The van der Waals surface area contributed by atoms with Crippen LogP contribution in [0.4, 0.5) is 5.69 Å². The summed E-state index contributed by atoms with van der Waals surface area (Å²) in [7, 11) is 1.59. The SMILES string of the molecule is COc1ccc(-c2cc(=O)n(CCCC(=O)Nc3cccc(C(=O)O)c3)c(=S)s2)cc1. The highest BCUT2D eigenvalue weighted by molar-refractivity contribution is 7.73. The number of hydrogen-bond donors (Lipinski definition) is 2. The minimum Gasteiger partial charge on any atom is -0.497 e. The summed E-state index contributed by atoms with van der Waals surface area (Å²) in [6, 6.07) is 14.9. The molecule has 1 heterocycles. The number of anilines is 1. The van der Waals surface area contributed by atoms with E-state index in [1.807, 2.05) is 24.3 Å². The molecule has 0 bridgehead atoms. The molecular weight excluding hydrogens is 436 g/mol. The second-order valence-corrected chi connectivity index (χ2v) is 8.31. The first kappa shape index (κ1) is 22.4. The maximum absolute atomic E-state index is 12.5. The second kappa shape index (κ2) is 10.1. The van der Waals surface area contributed by atoms with E-state index in [0.29, 0.717) is 22.6 Å². The number of nitrogens with zero attached hydrogens (tertiary/aromatic N) is 1. The van der Waals surface area contributed by atoms with Gasteiger partial charge in [-0.05, 0) is 66.7 Å². The molecule has 1 amide bonds. The molecule has 2 aromatic carbocycles. The Morgan fingerprint density at radius 3 is 2.55 bits per heavy atom. The monoisotopic (exact) mass is 456 g/mol. The van der Waals surface area contributed by atoms with Crippen LogP contribution in [-0.4, -0.2) is 28.7 Å². The summed E-state index contributed by atoms with van der Waals surface area (Å²) < 4.78 is 7.06. The maximum Gasteiger partial charge on any atom is 0.335 e. The molecule has 0 atom stereocenters. The number of carboxylic acid groups (broad SMARTS) is 1. The minimum absolute atomic E-state index is 0.0959. The Balaban J connectivity index is 1.62. The third kappa shape index (κ3) is 5.87. The zero-order valence-electron chi connectivity index (χ0n) is 16.7. The van der Waals surface area contributed by atoms with E-state index in [-0.39, 0.29) is 23.5 Å². The second-order valence-electron chi connectivity index (χ2n) is 6.63. The lowest BCUT2D eigenvalue weighted by Crippen LogP contribution is -2.20. The van der Waals surface area contributed by atoms with E-state index in [0.717, 1.165) is 16.2 Å². The molecular formula is C22H20N2O5S2. The van der Waals surface area contributed by atoms with Gasteiger partial charge in [-0.15, -0.1) is 11.3 Å². The average molecular weight is 457 g/mol. The molecule has 0 saturated heterocycles. The summed E-state index contributed by atoms with van der Waals surface area (Å²) in [5.41, 5.74) is 1.17. The fraction of sp³-hybridized carbons (Fsp3) is 0.182. The number of carbonyl (C=O) groups excluding carboxylic acids is 1. The number of hydrogen-bond acceptors (Lipinski definition) is 6. The molecule has 2 N–H and O–H groups in total. The van der Waals surface area contributed by atoms with Gasteiger partial charge in [0.15, 0.2) is 3.95 Å². The van der Waals surface area contributed by atoms with Gasteiger partial charge >= 0.3 is 5.97 Å². The van der Waals surface area contributed by atoms with Crippen molar-refractivity contribution < 1.29 is 19.4 Å². The average Bonchev–Trinajstić information content (AvgIpc) is 2.75. The lowest BCUT2D eigenvalue weighted by Gasteiger charge is -2.09. The number of ether oxygens (including phenoxy) is 1. The molecule has 0 radical (unpaired) electrons. The Morgan fingerprint density at radius 2 is 1.90 bits per heavy atom. The predicted octanol–water partition coefficient (Wildman–Crippen LogP) is 4.43. The van der Waals surface area contributed by atoms with E-state index < -0.39 is 5.97 Å². The number of aromatic carboxylic acids is 1. The predicted molar refractivity (Wildman–Crippen MR) is 123 cm³/mol. The van der Waals surface area contributed by atoms with Gasteiger partial charge in [-0.3, -0.25) is 14.2 Å². The van der Waals surface area contributed by atoms with E-state index in [9.17, 15) is 14.4 Å². The van der Waals surface area contributed by atoms with Crippen molar-refractivity contribution in [1.82, 2.24) is 4.57 Å². The number of nitrogens with one attached hydrogen (secondary N) is 1. The molecule has 0 fully saturated rings. The van der Waals surface area contributed by atoms with Gasteiger partial charge in [-0.2, -0.15) is 0 Å². The third-order valence-electron chi connectivity index (χ3n) is 4.49. The van der Waals surface area contributed by atoms with Crippen LogP contribution in [0, 0.1) is 3.95 Å². The molecule has 3 aromatic rings. The van der Waals surface area contributed by atoms with Crippen LogP contribution in [-0.2, 0) is 11.3 Å². The fourth-order valence-corrected chi connectivity index (χ4v) is 4.25. The van der Waals surface area contributed by atoms with Crippen LogP contribution in [0.25, 0.3) is 10.4 Å². The lowest BCUT2D eigenvalue weighted by atomic mass is 10.2. The molecule has 3 rings (SSSR count). The van der Waals surface area contributed by atoms with Crippen molar-refractivity contribution in [3.8, 4) is 16.2 Å². The Hall–Kier alpha value is -3.30. The Kier molecular flexibility index (Phi) is 7.32. The highest BCUT2D eigenvalue weighted by Gasteiger charge is 2.09. The summed E-state index contributed by atoms with van der Waals surface area (Å²) in [4.78, 5) is 36.5. The van der Waals surface area contributed by atoms with Gasteiger partial charge in [-0.1, -0.05) is 6.07 Å². The zero-order chi connectivity index (χ0) is 22.4. The summed E-state index contributed by atoms with van der Waals surface area (Å²) in [6.07, 6.45) is 0.589. The molecule has 160 valence electrons. The van der Waals surface area contributed by atoms with Crippen LogP contribution >= 0.6 is 23.6 Å². The molecule has 1 aromatic heterocycles. The molecule has 0 aliphatic carbocycles. The van der Waals surface area contributed by atoms with E-state index in [2.05, 4.69) is 5.32 Å². The van der Waals surface area contributed by atoms with E-state index in [4.69, 9.17) is 22.1 Å². The van der Waals surface area contributed by atoms with Gasteiger partial charge in [0.1, 0.15) is 5.75 Å². The first-order valence-electron chi connectivity index (χ1n) is 9.40. The van der Waals surface area contributed by atoms with Gasteiger partial charge in [0.25, 0.3) is 5.56 Å². The Bertz CT molecular complexity index is 1180. The maximum atomic E-state index is 12.5. The van der Waals surface area contributed by atoms with Crippen molar-refractivity contribution in [1.29, 1.82) is 0 Å². The van der Waals surface area contributed by atoms with Gasteiger partial charge in [0, 0.05) is 29.6 Å². The van der Waals surface area contributed by atoms with E-state index >= 15 is 0 Å². The van der Waals surface area contributed by atoms with Gasteiger partial charge in [0.2, 0.25) is 5.91 Å². The normalized spacial score (nSPS) is 10.5. The zero-order valence-corrected chi connectivity index (χ0v) is 18.3. The summed E-state index contributed by atoms with van der Waals surface area (Å²) in [5, 5.41) is 11.7. The van der Waals surface area contributed by atoms with Gasteiger partial charge in [-0.25, -0.2) is 4.79 Å². The van der Waals surface area contributed by atoms with Crippen LogP contribution in [0.15, 0.2) is 59.4 Å². The standard InChI is InChI=1S/C22H20N2O5S2/c1-29-17-9-7-14(8-10-17)18-13-20(26)24(22(30)31-18)11-3-6-19(25)23-16-5-2-4-15(12-16)21(27)28/h2,4-5,7-10,12-13H,3,6,11H2,1H3,(H,23,25)(H,27,28). The first-order valence-corrected chi connectivity index (χ1v) is 10.6. The summed E-state index contributed by atoms with van der Waals surface area (Å²) in [5.74, 6) is -0.596. The molecule has 0 aliphatic heterocycles. The topological polar surface area (TPSA) is 97.6 Å². The van der Waals surface area contributed by atoms with Crippen molar-refractivity contribution in [2.45, 2.75) is 19.4 Å². The van der Waals surface area contributed by atoms with Crippen LogP contribution in [0.5, 0.6) is 5.75 Å². The Morgan fingerprint density at radius 1 is 1.16 bits per heavy atom. The van der Waals surface area contributed by atoms with E-state index in [1.165, 1.54) is 28.0 Å². The fourth-order valence-electron chi connectivity index (χ4n) is 2.91. The molecule has 9 heteroatoms. The number of amides is 1. The van der Waals surface area contributed by atoms with Crippen molar-refractivity contribution in [3.05, 3.63) is 74.5 Å². The van der Waals surface area contributed by atoms with Crippen molar-refractivity contribution in [3.63, 3.8) is 0 Å². The van der Waals surface area contributed by atoms with Crippen LogP contribution in [0.1, 0.15) is 23.2 Å². The van der Waals surface area contributed by atoms with E-state index in [1.54, 1.807) is 25.3 Å².